The van der Waals surface area contributed by atoms with E-state index in [2.05, 4.69) is 99.8 Å². The molecule has 0 spiro atoms. The smallest absolute Gasteiger partial charge is 0.306 e. The van der Waals surface area contributed by atoms with Crippen LogP contribution in [0.3, 0.4) is 0 Å². The predicted octanol–water partition coefficient (Wildman–Crippen LogP) is 22.3. The van der Waals surface area contributed by atoms with Gasteiger partial charge >= 0.3 is 17.9 Å². The van der Waals surface area contributed by atoms with Crippen molar-refractivity contribution >= 4 is 17.9 Å². The number of esters is 3. The van der Waals surface area contributed by atoms with Gasteiger partial charge in [-0.05, 0) is 103 Å². The molecule has 0 heterocycles. The number of allylic oxidation sites excluding steroid dienone is 14. The number of carbonyl (C=O) groups is 3. The average Bonchev–Trinajstić information content (AvgIpc) is 3.42. The van der Waals surface area contributed by atoms with E-state index in [-0.39, 0.29) is 37.5 Å². The van der Waals surface area contributed by atoms with Crippen LogP contribution in [0.1, 0.15) is 323 Å². The molecule has 0 aliphatic carbocycles. The summed E-state index contributed by atoms with van der Waals surface area (Å²) in [4.78, 5) is 38.2. The van der Waals surface area contributed by atoms with E-state index < -0.39 is 6.10 Å². The Morgan fingerprint density at radius 3 is 0.895 bits per heavy atom. The second kappa shape index (κ2) is 64.1. The molecule has 0 bridgehead atoms. The molecule has 0 aromatic heterocycles. The summed E-state index contributed by atoms with van der Waals surface area (Å²) in [6.07, 6.45) is 84.9. The number of rotatable bonds is 59. The number of hydrogen-bond acceptors (Lipinski definition) is 6. The second-order valence-corrected chi connectivity index (χ2v) is 21.6. The molecule has 0 saturated heterocycles. The van der Waals surface area contributed by atoms with Gasteiger partial charge in [0.05, 0.1) is 0 Å². The molecular formula is C70H122O6. The first-order chi connectivity index (χ1) is 37.5. The van der Waals surface area contributed by atoms with Crippen molar-refractivity contribution in [1.29, 1.82) is 0 Å². The highest BCUT2D eigenvalue weighted by molar-refractivity contribution is 5.71. The van der Waals surface area contributed by atoms with Gasteiger partial charge in [-0.3, -0.25) is 14.4 Å². The minimum absolute atomic E-state index is 0.0994. The summed E-state index contributed by atoms with van der Waals surface area (Å²) >= 11 is 0. The molecule has 76 heavy (non-hydrogen) atoms. The van der Waals surface area contributed by atoms with Crippen molar-refractivity contribution in [2.75, 3.05) is 13.2 Å². The lowest BCUT2D eigenvalue weighted by molar-refractivity contribution is -0.166. The summed E-state index contributed by atoms with van der Waals surface area (Å²) in [5, 5.41) is 0. The zero-order valence-electron chi connectivity index (χ0n) is 50.3. The van der Waals surface area contributed by atoms with Gasteiger partial charge in [0, 0.05) is 19.3 Å². The summed E-state index contributed by atoms with van der Waals surface area (Å²) in [5.41, 5.74) is 0. The maximum Gasteiger partial charge on any atom is 0.306 e. The Morgan fingerprint density at radius 1 is 0.276 bits per heavy atom. The lowest BCUT2D eigenvalue weighted by Gasteiger charge is -2.18. The fourth-order valence-corrected chi connectivity index (χ4v) is 9.25. The van der Waals surface area contributed by atoms with Crippen LogP contribution in [-0.2, 0) is 28.6 Å². The quantitative estimate of drug-likeness (QED) is 0.0261. The van der Waals surface area contributed by atoms with Crippen molar-refractivity contribution in [3.05, 3.63) is 85.1 Å². The molecule has 0 fully saturated rings. The number of carbonyl (C=O) groups excluding carboxylic acids is 3. The Kier molecular flexibility index (Phi) is 61.2. The molecule has 6 nitrogen and oxygen atoms in total. The first kappa shape index (κ1) is 72.6. The maximum atomic E-state index is 12.9. The van der Waals surface area contributed by atoms with E-state index in [4.69, 9.17) is 14.2 Å². The summed E-state index contributed by atoms with van der Waals surface area (Å²) in [6, 6.07) is 0. The molecule has 6 heteroatoms. The van der Waals surface area contributed by atoms with E-state index >= 15 is 0 Å². The van der Waals surface area contributed by atoms with Crippen LogP contribution < -0.4 is 0 Å². The van der Waals surface area contributed by atoms with Gasteiger partial charge < -0.3 is 14.2 Å². The van der Waals surface area contributed by atoms with Crippen LogP contribution in [0.25, 0.3) is 0 Å². The van der Waals surface area contributed by atoms with Gasteiger partial charge in [-0.2, -0.15) is 0 Å². The monoisotopic (exact) mass is 1060 g/mol. The summed E-state index contributed by atoms with van der Waals surface area (Å²) in [5.74, 6) is -0.983. The zero-order chi connectivity index (χ0) is 55.0. The lowest BCUT2D eigenvalue weighted by atomic mass is 10.0. The average molecular weight is 1060 g/mol. The molecule has 0 aromatic rings. The fourth-order valence-electron chi connectivity index (χ4n) is 9.25. The van der Waals surface area contributed by atoms with E-state index in [1.807, 2.05) is 6.08 Å². The highest BCUT2D eigenvalue weighted by atomic mass is 16.6. The van der Waals surface area contributed by atoms with Crippen LogP contribution >= 0.6 is 0 Å². The van der Waals surface area contributed by atoms with Crippen LogP contribution in [0, 0.1) is 0 Å². The first-order valence-corrected chi connectivity index (χ1v) is 32.6. The highest BCUT2D eigenvalue weighted by Crippen LogP contribution is 2.17. The maximum absolute atomic E-state index is 12.9. The largest absolute Gasteiger partial charge is 0.462 e. The Balaban J connectivity index is 4.18. The van der Waals surface area contributed by atoms with Gasteiger partial charge in [-0.25, -0.2) is 0 Å². The van der Waals surface area contributed by atoms with Crippen LogP contribution in [0.15, 0.2) is 85.1 Å². The van der Waals surface area contributed by atoms with Crippen LogP contribution in [-0.4, -0.2) is 37.2 Å². The molecule has 0 N–H and O–H groups in total. The van der Waals surface area contributed by atoms with E-state index in [9.17, 15) is 14.4 Å². The molecule has 0 amide bonds. The Labute approximate surface area is 471 Å². The molecular weight excluding hydrogens is 937 g/mol. The van der Waals surface area contributed by atoms with Crippen molar-refractivity contribution in [3.63, 3.8) is 0 Å². The van der Waals surface area contributed by atoms with Gasteiger partial charge in [-0.1, -0.05) is 286 Å². The molecule has 0 aliphatic heterocycles. The van der Waals surface area contributed by atoms with Gasteiger partial charge in [0.15, 0.2) is 6.10 Å². The Morgan fingerprint density at radius 2 is 0.539 bits per heavy atom. The van der Waals surface area contributed by atoms with Gasteiger partial charge in [-0.15, -0.1) is 0 Å². The highest BCUT2D eigenvalue weighted by Gasteiger charge is 2.19. The molecule has 0 rings (SSSR count). The Hall–Kier alpha value is -3.41. The molecule has 1 atom stereocenters. The minimum atomic E-state index is -0.809. The van der Waals surface area contributed by atoms with Gasteiger partial charge in [0.1, 0.15) is 13.2 Å². The molecule has 0 saturated carbocycles. The first-order valence-electron chi connectivity index (χ1n) is 32.6. The third-order valence-corrected chi connectivity index (χ3v) is 14.1. The van der Waals surface area contributed by atoms with E-state index in [0.717, 1.165) is 83.5 Å². The standard InChI is InChI=1S/C70H122O6/c1-4-7-10-13-16-19-22-25-27-28-29-30-31-32-33-34-35-36-37-38-39-40-41-42-43-46-48-51-54-57-60-63-69(72)75-66-67(65-74-68(71)62-59-56-53-50-47-44-24-21-18-15-12-9-6-3)76-70(73)64-61-58-55-52-49-45-26-23-20-17-14-11-8-5-2/h9,12,18,21-23,25-26,28-29,44,47,53,56,67H,4-8,10-11,13-17,19-20,24,27,30-43,45-46,48-52,54-55,57-66H2,1-3H3/b12-9-,21-18-,25-22-,26-23-,29-28-,47-44-,56-53-. The second-order valence-electron chi connectivity index (χ2n) is 21.6. The number of ether oxygens (including phenoxy) is 3. The molecule has 1 unspecified atom stereocenters. The van der Waals surface area contributed by atoms with E-state index in [0.29, 0.717) is 19.3 Å². The van der Waals surface area contributed by atoms with Crippen LogP contribution in [0.2, 0.25) is 0 Å². The third-order valence-electron chi connectivity index (χ3n) is 14.1. The van der Waals surface area contributed by atoms with Gasteiger partial charge in [0.25, 0.3) is 0 Å². The van der Waals surface area contributed by atoms with Crippen molar-refractivity contribution in [1.82, 2.24) is 0 Å². The zero-order valence-corrected chi connectivity index (χ0v) is 50.3. The third kappa shape index (κ3) is 61.4. The van der Waals surface area contributed by atoms with Gasteiger partial charge in [0.2, 0.25) is 0 Å². The van der Waals surface area contributed by atoms with Crippen molar-refractivity contribution in [2.24, 2.45) is 0 Å². The van der Waals surface area contributed by atoms with Crippen LogP contribution in [0.5, 0.6) is 0 Å². The number of unbranched alkanes of at least 4 members (excludes halogenated alkanes) is 34. The molecule has 0 radical (unpaired) electrons. The summed E-state index contributed by atoms with van der Waals surface area (Å²) in [7, 11) is 0. The van der Waals surface area contributed by atoms with Crippen molar-refractivity contribution in [3.8, 4) is 0 Å². The fraction of sp³-hybridized carbons (Fsp3) is 0.757. The normalized spacial score (nSPS) is 12.6. The number of hydrogen-bond donors (Lipinski definition) is 0. The predicted molar refractivity (Wildman–Crippen MR) is 330 cm³/mol. The van der Waals surface area contributed by atoms with Crippen LogP contribution in [0.4, 0.5) is 0 Å². The summed E-state index contributed by atoms with van der Waals surface area (Å²) < 4.78 is 16.8. The molecule has 0 aliphatic rings. The Bertz CT molecular complexity index is 1450. The lowest BCUT2D eigenvalue weighted by Crippen LogP contribution is -2.30. The van der Waals surface area contributed by atoms with E-state index in [1.165, 1.54) is 193 Å². The molecule has 0 aromatic carbocycles. The molecule has 438 valence electrons. The van der Waals surface area contributed by atoms with Crippen molar-refractivity contribution < 1.29 is 28.6 Å². The van der Waals surface area contributed by atoms with Crippen molar-refractivity contribution in [2.45, 2.75) is 329 Å². The summed E-state index contributed by atoms with van der Waals surface area (Å²) in [6.45, 7) is 6.46. The SMILES string of the molecule is CC/C=C\C/C=C\C/C=C\C/C=C\CCC(=O)OCC(COC(=O)CCCCCCCCCCCCCCCCCCCCC/C=C\C/C=C\CCCCCCC)OC(=O)CCCCCCC/C=C\CCCCCCC. The topological polar surface area (TPSA) is 78.9 Å². The van der Waals surface area contributed by atoms with E-state index in [1.54, 1.807) is 0 Å². The minimum Gasteiger partial charge on any atom is -0.462 e.